The van der Waals surface area contributed by atoms with Gasteiger partial charge in [-0.05, 0) is 25.2 Å². The molecule has 6 nitrogen and oxygen atoms in total. The number of amides is 2. The van der Waals surface area contributed by atoms with Crippen LogP contribution >= 0.6 is 11.3 Å². The zero-order chi connectivity index (χ0) is 15.4. The lowest BCUT2D eigenvalue weighted by molar-refractivity contribution is -0.134. The highest BCUT2D eigenvalue weighted by Gasteiger charge is 2.35. The number of hydrogen-bond donors (Lipinski definition) is 3. The first-order chi connectivity index (χ1) is 9.95. The molecule has 2 amide bonds. The summed E-state index contributed by atoms with van der Waals surface area (Å²) in [6, 6.07) is -0.570. The Kier molecular flexibility index (Phi) is 5.30. The molecule has 1 aromatic rings. The Morgan fingerprint density at radius 1 is 1.48 bits per heavy atom. The summed E-state index contributed by atoms with van der Waals surface area (Å²) in [4.78, 5) is 28.3. The van der Waals surface area contributed by atoms with Crippen LogP contribution in [-0.4, -0.2) is 34.1 Å². The second kappa shape index (κ2) is 7.00. The fraction of sp³-hybridized carbons (Fsp3) is 0.643. The number of thiazole rings is 1. The number of carbonyl (C=O) groups is 2. The van der Waals surface area contributed by atoms with Crippen LogP contribution < -0.4 is 10.6 Å². The van der Waals surface area contributed by atoms with E-state index in [-0.39, 0.29) is 29.8 Å². The summed E-state index contributed by atoms with van der Waals surface area (Å²) in [6.45, 7) is 4.01. The number of nitrogens with one attached hydrogen (secondary N) is 2. The molecule has 0 aliphatic heterocycles. The fourth-order valence-electron chi connectivity index (χ4n) is 2.27. The van der Waals surface area contributed by atoms with E-state index in [2.05, 4.69) is 15.6 Å². The van der Waals surface area contributed by atoms with Gasteiger partial charge >= 0.3 is 0 Å². The van der Waals surface area contributed by atoms with Crippen LogP contribution in [0.2, 0.25) is 0 Å². The summed E-state index contributed by atoms with van der Waals surface area (Å²) >= 11 is 1.34. The Balaban J connectivity index is 1.93. The first-order valence-electron chi connectivity index (χ1n) is 7.14. The minimum Gasteiger partial charge on any atom is -0.393 e. The monoisotopic (exact) mass is 311 g/mol. The molecule has 3 N–H and O–H groups in total. The van der Waals surface area contributed by atoms with Gasteiger partial charge in [-0.2, -0.15) is 0 Å². The zero-order valence-electron chi connectivity index (χ0n) is 12.2. The molecule has 2 rings (SSSR count). The van der Waals surface area contributed by atoms with Gasteiger partial charge in [-0.1, -0.05) is 13.8 Å². The second-order valence-electron chi connectivity index (χ2n) is 5.84. The highest BCUT2D eigenvalue weighted by Crippen LogP contribution is 2.27. The highest BCUT2D eigenvalue weighted by molar-refractivity contribution is 7.13. The van der Waals surface area contributed by atoms with Crippen LogP contribution in [0.1, 0.15) is 33.1 Å². The quantitative estimate of drug-likeness (QED) is 0.740. The van der Waals surface area contributed by atoms with Crippen molar-refractivity contribution in [3.05, 3.63) is 11.6 Å². The molecule has 0 radical (unpaired) electrons. The number of carbonyl (C=O) groups excluding carboxylic acids is 2. The van der Waals surface area contributed by atoms with Gasteiger partial charge in [0, 0.05) is 17.5 Å². The van der Waals surface area contributed by atoms with Gasteiger partial charge < -0.3 is 15.7 Å². The Morgan fingerprint density at radius 2 is 2.19 bits per heavy atom. The normalized spacial score (nSPS) is 22.5. The second-order valence-corrected chi connectivity index (χ2v) is 6.73. The predicted octanol–water partition coefficient (Wildman–Crippen LogP) is 1.38. The third kappa shape index (κ3) is 4.50. The molecule has 7 heteroatoms. The molecular formula is C14H21N3O3S. The minimum atomic E-state index is -0.570. The lowest BCUT2D eigenvalue weighted by Gasteiger charge is -2.31. The maximum Gasteiger partial charge on any atom is 0.248 e. The van der Waals surface area contributed by atoms with E-state index in [0.717, 1.165) is 0 Å². The van der Waals surface area contributed by atoms with Crippen molar-refractivity contribution in [2.45, 2.75) is 45.3 Å². The molecule has 1 heterocycles. The van der Waals surface area contributed by atoms with Crippen LogP contribution in [0.3, 0.4) is 0 Å². The molecule has 0 aromatic carbocycles. The number of nitrogens with zero attached hydrogens (tertiary/aromatic N) is 1. The molecular weight excluding hydrogens is 290 g/mol. The van der Waals surface area contributed by atoms with Crippen molar-refractivity contribution in [1.82, 2.24) is 10.3 Å². The van der Waals surface area contributed by atoms with E-state index in [1.54, 1.807) is 11.6 Å². The molecule has 1 aliphatic rings. The SMILES string of the molecule is CC(C)CC(NC(=O)C1CC(O)C1)C(=O)Nc1nccs1. The van der Waals surface area contributed by atoms with Gasteiger partial charge in [0.1, 0.15) is 6.04 Å². The minimum absolute atomic E-state index is 0.153. The molecule has 21 heavy (non-hydrogen) atoms. The number of aliphatic hydroxyl groups is 1. The van der Waals surface area contributed by atoms with Crippen LogP contribution in [0.25, 0.3) is 0 Å². The fourth-order valence-corrected chi connectivity index (χ4v) is 2.80. The van der Waals surface area contributed by atoms with E-state index in [0.29, 0.717) is 24.4 Å². The topological polar surface area (TPSA) is 91.3 Å². The van der Waals surface area contributed by atoms with Crippen molar-refractivity contribution in [1.29, 1.82) is 0 Å². The molecule has 0 saturated heterocycles. The lowest BCUT2D eigenvalue weighted by Crippen LogP contribution is -2.49. The van der Waals surface area contributed by atoms with Crippen molar-refractivity contribution in [2.24, 2.45) is 11.8 Å². The van der Waals surface area contributed by atoms with Gasteiger partial charge in [-0.15, -0.1) is 11.3 Å². The van der Waals surface area contributed by atoms with Crippen molar-refractivity contribution >= 4 is 28.3 Å². The summed E-state index contributed by atoms with van der Waals surface area (Å²) in [7, 11) is 0. The average Bonchev–Trinajstić information content (AvgIpc) is 2.86. The van der Waals surface area contributed by atoms with Crippen molar-refractivity contribution < 1.29 is 14.7 Å². The van der Waals surface area contributed by atoms with E-state index in [1.165, 1.54) is 11.3 Å². The van der Waals surface area contributed by atoms with Crippen LogP contribution in [0.5, 0.6) is 0 Å². The molecule has 1 aliphatic carbocycles. The van der Waals surface area contributed by atoms with Crippen molar-refractivity contribution in [3.8, 4) is 0 Å². The van der Waals surface area contributed by atoms with E-state index in [9.17, 15) is 14.7 Å². The van der Waals surface area contributed by atoms with Gasteiger partial charge in [-0.3, -0.25) is 9.59 Å². The van der Waals surface area contributed by atoms with E-state index in [4.69, 9.17) is 0 Å². The smallest absolute Gasteiger partial charge is 0.248 e. The number of aliphatic hydroxyl groups excluding tert-OH is 1. The third-order valence-electron chi connectivity index (χ3n) is 3.49. The first kappa shape index (κ1) is 15.9. The zero-order valence-corrected chi connectivity index (χ0v) is 13.0. The van der Waals surface area contributed by atoms with Gasteiger partial charge in [0.2, 0.25) is 11.8 Å². The maximum absolute atomic E-state index is 12.3. The Labute approximate surface area is 128 Å². The van der Waals surface area contributed by atoms with Crippen LogP contribution in [0, 0.1) is 11.8 Å². The summed E-state index contributed by atoms with van der Waals surface area (Å²) < 4.78 is 0. The third-order valence-corrected chi connectivity index (χ3v) is 4.18. The lowest BCUT2D eigenvalue weighted by atomic mass is 9.81. The van der Waals surface area contributed by atoms with Gasteiger partial charge in [-0.25, -0.2) is 4.98 Å². The number of anilines is 1. The summed E-state index contributed by atoms with van der Waals surface area (Å²) in [5.74, 6) is -0.293. The summed E-state index contributed by atoms with van der Waals surface area (Å²) in [5, 5.41) is 17.1. The Hall–Kier alpha value is -1.47. The summed E-state index contributed by atoms with van der Waals surface area (Å²) in [6.07, 6.45) is 2.76. The van der Waals surface area contributed by atoms with Crippen LogP contribution in [0.15, 0.2) is 11.6 Å². The number of rotatable bonds is 6. The average molecular weight is 311 g/mol. The molecule has 1 unspecified atom stereocenters. The maximum atomic E-state index is 12.3. The Morgan fingerprint density at radius 3 is 2.71 bits per heavy atom. The van der Waals surface area contributed by atoms with Gasteiger partial charge in [0.15, 0.2) is 5.13 Å². The number of aromatic nitrogens is 1. The van der Waals surface area contributed by atoms with Gasteiger partial charge in [0.05, 0.1) is 6.10 Å². The first-order valence-corrected chi connectivity index (χ1v) is 8.02. The number of hydrogen-bond acceptors (Lipinski definition) is 5. The molecule has 1 fully saturated rings. The van der Waals surface area contributed by atoms with E-state index < -0.39 is 6.04 Å². The van der Waals surface area contributed by atoms with Crippen LogP contribution in [-0.2, 0) is 9.59 Å². The molecule has 116 valence electrons. The molecule has 0 spiro atoms. The molecule has 1 saturated carbocycles. The Bertz CT molecular complexity index is 484. The van der Waals surface area contributed by atoms with E-state index in [1.807, 2.05) is 13.8 Å². The van der Waals surface area contributed by atoms with Gasteiger partial charge in [0.25, 0.3) is 0 Å². The largest absolute Gasteiger partial charge is 0.393 e. The van der Waals surface area contributed by atoms with E-state index >= 15 is 0 Å². The van der Waals surface area contributed by atoms with Crippen molar-refractivity contribution in [3.63, 3.8) is 0 Å². The summed E-state index contributed by atoms with van der Waals surface area (Å²) in [5.41, 5.74) is 0. The van der Waals surface area contributed by atoms with Crippen LogP contribution in [0.4, 0.5) is 5.13 Å². The molecule has 1 aromatic heterocycles. The predicted molar refractivity (Wildman–Crippen MR) is 80.9 cm³/mol. The molecule has 0 bridgehead atoms. The van der Waals surface area contributed by atoms with Crippen molar-refractivity contribution in [2.75, 3.05) is 5.32 Å². The highest BCUT2D eigenvalue weighted by atomic mass is 32.1. The standard InChI is InChI=1S/C14H21N3O3S/c1-8(2)5-11(13(20)17-14-15-3-4-21-14)16-12(19)9-6-10(18)7-9/h3-4,8-11,18H,5-7H2,1-2H3,(H,16,19)(H,15,17,20). The molecule has 1 atom stereocenters.